The molecule has 1 heterocycles. The molecule has 0 spiro atoms. The molecular formula is C27H22ClIN2O8S2. The zero-order chi connectivity index (χ0) is 29.7. The molecule has 0 saturated carbocycles. The quantitative estimate of drug-likeness (QED) is 0.157. The summed E-state index contributed by atoms with van der Waals surface area (Å²) < 4.78 is 42.7. The number of rotatable bonds is 10. The number of hydrogen-bond acceptors (Lipinski definition) is 9. The van der Waals surface area contributed by atoms with Crippen molar-refractivity contribution in [3.63, 3.8) is 0 Å². The van der Waals surface area contributed by atoms with Gasteiger partial charge in [-0.15, -0.1) is 0 Å². The van der Waals surface area contributed by atoms with Gasteiger partial charge in [0.05, 0.1) is 22.1 Å². The van der Waals surface area contributed by atoms with Gasteiger partial charge in [-0.05, 0) is 107 Å². The number of halogens is 2. The summed E-state index contributed by atoms with van der Waals surface area (Å²) in [5.41, 5.74) is 0.935. The molecular weight excluding hydrogens is 707 g/mol. The average molecular weight is 729 g/mol. The molecule has 1 aliphatic rings. The van der Waals surface area contributed by atoms with Gasteiger partial charge in [0, 0.05) is 17.6 Å². The SMILES string of the molecule is COc1cc(/C=C2\SC(=O)N(CCOc3ccc(Cl)cc3)C2=O)cc(I)c1OS(=O)(=O)c1ccc(NC(C)=O)cc1. The van der Waals surface area contributed by atoms with E-state index in [1.54, 1.807) is 30.3 Å². The van der Waals surface area contributed by atoms with Gasteiger partial charge in [0.25, 0.3) is 11.1 Å². The Morgan fingerprint density at radius 1 is 1.10 bits per heavy atom. The van der Waals surface area contributed by atoms with E-state index < -0.39 is 21.3 Å². The van der Waals surface area contributed by atoms with Gasteiger partial charge in [-0.3, -0.25) is 19.3 Å². The number of ether oxygens (including phenoxy) is 2. The highest BCUT2D eigenvalue weighted by Gasteiger charge is 2.35. The second-order valence-electron chi connectivity index (χ2n) is 8.41. The van der Waals surface area contributed by atoms with Crippen molar-refractivity contribution in [2.24, 2.45) is 0 Å². The molecule has 214 valence electrons. The van der Waals surface area contributed by atoms with Gasteiger partial charge in [-0.1, -0.05) is 11.6 Å². The van der Waals surface area contributed by atoms with E-state index in [0.29, 0.717) is 25.6 Å². The van der Waals surface area contributed by atoms with Crippen molar-refractivity contribution in [1.29, 1.82) is 0 Å². The zero-order valence-electron chi connectivity index (χ0n) is 21.6. The fourth-order valence-electron chi connectivity index (χ4n) is 3.60. The molecule has 1 aliphatic heterocycles. The van der Waals surface area contributed by atoms with Crippen LogP contribution in [0.25, 0.3) is 6.08 Å². The first-order valence-electron chi connectivity index (χ1n) is 11.8. The van der Waals surface area contributed by atoms with Crippen LogP contribution in [0.5, 0.6) is 17.2 Å². The summed E-state index contributed by atoms with van der Waals surface area (Å²) in [7, 11) is -2.89. The summed E-state index contributed by atoms with van der Waals surface area (Å²) in [5, 5.41) is 2.69. The number of benzene rings is 3. The standard InChI is InChI=1S/C27H22ClIN2O8S2/c1-16(32)30-19-5-9-21(10-6-19)41(35,36)39-25-22(29)13-17(14-23(25)37-2)15-24-26(33)31(27(34)40-24)11-12-38-20-7-3-18(28)4-8-20/h3-10,13-15H,11-12H2,1-2H3,(H,30,32)/b24-15-. The third kappa shape index (κ3) is 7.72. The molecule has 0 unspecified atom stereocenters. The Labute approximate surface area is 259 Å². The summed E-state index contributed by atoms with van der Waals surface area (Å²) >= 11 is 8.55. The van der Waals surface area contributed by atoms with Crippen LogP contribution < -0.4 is 19.0 Å². The summed E-state index contributed by atoms with van der Waals surface area (Å²) in [4.78, 5) is 37.8. The molecule has 0 radical (unpaired) electrons. The van der Waals surface area contributed by atoms with Crippen LogP contribution in [0.15, 0.2) is 70.5 Å². The lowest BCUT2D eigenvalue weighted by Gasteiger charge is -2.14. The first-order chi connectivity index (χ1) is 19.5. The van der Waals surface area contributed by atoms with Gasteiger partial charge in [-0.25, -0.2) is 0 Å². The molecule has 0 atom stereocenters. The summed E-state index contributed by atoms with van der Waals surface area (Å²) in [5.74, 6) is -0.130. The summed E-state index contributed by atoms with van der Waals surface area (Å²) in [6.07, 6.45) is 1.52. The van der Waals surface area contributed by atoms with Gasteiger partial charge >= 0.3 is 10.1 Å². The number of thioether (sulfide) groups is 1. The second kappa shape index (κ2) is 13.1. The molecule has 4 rings (SSSR count). The number of carbonyl (C=O) groups excluding carboxylic acids is 3. The van der Waals surface area contributed by atoms with Crippen LogP contribution in [-0.2, 0) is 19.7 Å². The molecule has 10 nitrogen and oxygen atoms in total. The Hall–Kier alpha value is -3.27. The molecule has 1 fully saturated rings. The van der Waals surface area contributed by atoms with E-state index in [0.717, 1.165) is 16.7 Å². The lowest BCUT2D eigenvalue weighted by molar-refractivity contribution is -0.123. The van der Waals surface area contributed by atoms with Gasteiger partial charge in [0.15, 0.2) is 11.5 Å². The lowest BCUT2D eigenvalue weighted by Crippen LogP contribution is -2.32. The van der Waals surface area contributed by atoms with Crippen molar-refractivity contribution < 1.29 is 36.5 Å². The van der Waals surface area contributed by atoms with Gasteiger partial charge < -0.3 is 19.0 Å². The maximum Gasteiger partial charge on any atom is 0.339 e. The number of imide groups is 1. The Bertz CT molecular complexity index is 1630. The first-order valence-corrected chi connectivity index (χ1v) is 15.5. The van der Waals surface area contributed by atoms with Crippen molar-refractivity contribution in [2.75, 3.05) is 25.6 Å². The topological polar surface area (TPSA) is 128 Å². The Kier molecular flexibility index (Phi) is 9.84. The van der Waals surface area contributed by atoms with E-state index in [1.165, 1.54) is 50.4 Å². The minimum absolute atomic E-state index is 0.0383. The maximum absolute atomic E-state index is 12.9. The predicted molar refractivity (Wildman–Crippen MR) is 164 cm³/mol. The van der Waals surface area contributed by atoms with E-state index >= 15 is 0 Å². The number of nitrogens with zero attached hydrogens (tertiary/aromatic N) is 1. The van der Waals surface area contributed by atoms with Gasteiger partial charge in [-0.2, -0.15) is 8.42 Å². The van der Waals surface area contributed by atoms with E-state index in [2.05, 4.69) is 5.32 Å². The van der Waals surface area contributed by atoms with Crippen molar-refractivity contribution in [2.45, 2.75) is 11.8 Å². The predicted octanol–water partition coefficient (Wildman–Crippen LogP) is 5.79. The molecule has 0 bridgehead atoms. The van der Waals surface area contributed by atoms with Crippen LogP contribution in [-0.4, -0.2) is 50.6 Å². The number of amides is 3. The Morgan fingerprint density at radius 3 is 2.41 bits per heavy atom. The van der Waals surface area contributed by atoms with Crippen LogP contribution in [0.1, 0.15) is 12.5 Å². The number of hydrogen-bond donors (Lipinski definition) is 1. The smallest absolute Gasteiger partial charge is 0.339 e. The molecule has 41 heavy (non-hydrogen) atoms. The van der Waals surface area contributed by atoms with Crippen LogP contribution in [0.4, 0.5) is 10.5 Å². The molecule has 3 aromatic rings. The normalized spacial score (nSPS) is 14.3. The number of methoxy groups -OCH3 is 1. The highest BCUT2D eigenvalue weighted by Crippen LogP contribution is 2.38. The van der Waals surface area contributed by atoms with Crippen LogP contribution in [0, 0.1) is 3.57 Å². The highest BCUT2D eigenvalue weighted by molar-refractivity contribution is 14.1. The number of anilines is 1. The minimum atomic E-state index is -4.24. The van der Waals surface area contributed by atoms with Gasteiger partial charge in [0.1, 0.15) is 17.3 Å². The van der Waals surface area contributed by atoms with E-state index in [-0.39, 0.29) is 40.4 Å². The van der Waals surface area contributed by atoms with E-state index in [1.807, 2.05) is 22.6 Å². The van der Waals surface area contributed by atoms with Crippen molar-refractivity contribution >= 4 is 84.9 Å². The highest BCUT2D eigenvalue weighted by atomic mass is 127. The molecule has 1 saturated heterocycles. The third-order valence-electron chi connectivity index (χ3n) is 5.48. The van der Waals surface area contributed by atoms with Gasteiger partial charge in [0.2, 0.25) is 5.91 Å². The molecule has 1 N–H and O–H groups in total. The molecule has 0 aromatic heterocycles. The maximum atomic E-state index is 12.9. The largest absolute Gasteiger partial charge is 0.493 e. The Balaban J connectivity index is 1.48. The fraction of sp³-hybridized carbons (Fsp3) is 0.148. The van der Waals surface area contributed by atoms with Crippen LogP contribution in [0.3, 0.4) is 0 Å². The number of carbonyl (C=O) groups is 3. The second-order valence-corrected chi connectivity index (χ2v) is 12.6. The average Bonchev–Trinajstić information content (AvgIpc) is 3.18. The van der Waals surface area contributed by atoms with E-state index in [4.69, 9.17) is 25.3 Å². The van der Waals surface area contributed by atoms with Crippen LogP contribution >= 0.6 is 46.0 Å². The summed E-state index contributed by atoms with van der Waals surface area (Å²) in [6, 6.07) is 15.3. The molecule has 3 aromatic carbocycles. The molecule has 14 heteroatoms. The first kappa shape index (κ1) is 30.7. The fourth-order valence-corrected chi connectivity index (χ4v) is 6.43. The molecule has 0 aliphatic carbocycles. The third-order valence-corrected chi connectivity index (χ3v) is 8.67. The zero-order valence-corrected chi connectivity index (χ0v) is 26.1. The molecule has 3 amide bonds. The van der Waals surface area contributed by atoms with Crippen LogP contribution in [0.2, 0.25) is 5.02 Å². The Morgan fingerprint density at radius 2 is 1.78 bits per heavy atom. The van der Waals surface area contributed by atoms with E-state index in [9.17, 15) is 22.8 Å². The minimum Gasteiger partial charge on any atom is -0.493 e. The monoisotopic (exact) mass is 728 g/mol. The van der Waals surface area contributed by atoms with Crippen molar-refractivity contribution in [3.8, 4) is 17.2 Å². The lowest BCUT2D eigenvalue weighted by atomic mass is 10.2. The van der Waals surface area contributed by atoms with Crippen molar-refractivity contribution in [3.05, 3.63) is 79.7 Å². The van der Waals surface area contributed by atoms with Crippen molar-refractivity contribution in [1.82, 2.24) is 4.90 Å². The number of nitrogens with one attached hydrogen (secondary N) is 1. The summed E-state index contributed by atoms with van der Waals surface area (Å²) in [6.45, 7) is 1.51.